The minimum Gasteiger partial charge on any atom is -0.377 e. The van der Waals surface area contributed by atoms with E-state index in [4.69, 9.17) is 10.6 Å². The lowest BCUT2D eigenvalue weighted by Crippen LogP contribution is -2.24. The Kier molecular flexibility index (Phi) is 5.90. The summed E-state index contributed by atoms with van der Waals surface area (Å²) in [6, 6.07) is 3.88. The second kappa shape index (κ2) is 7.21. The van der Waals surface area contributed by atoms with Gasteiger partial charge in [0.05, 0.1) is 12.7 Å². The standard InChI is InChI=1S/C12H22N4O/c1-10(2)17-7-6-16(3)9-11-4-5-12(15-13)14-8-11/h4-5,8,10H,6-7,9,13H2,1-3H3,(H,14,15). The van der Waals surface area contributed by atoms with E-state index >= 15 is 0 Å². The van der Waals surface area contributed by atoms with Crippen molar-refractivity contribution in [1.29, 1.82) is 0 Å². The van der Waals surface area contributed by atoms with Crippen LogP contribution in [0.15, 0.2) is 18.3 Å². The summed E-state index contributed by atoms with van der Waals surface area (Å²) in [7, 11) is 2.07. The number of nitrogens with one attached hydrogen (secondary N) is 1. The molecule has 5 heteroatoms. The van der Waals surface area contributed by atoms with Crippen LogP contribution in [0.1, 0.15) is 19.4 Å². The number of nitrogens with zero attached hydrogens (tertiary/aromatic N) is 2. The van der Waals surface area contributed by atoms with Crippen LogP contribution in [0.25, 0.3) is 0 Å². The maximum absolute atomic E-state index is 5.50. The average molecular weight is 238 g/mol. The molecule has 1 aromatic rings. The number of hydrogen-bond donors (Lipinski definition) is 2. The summed E-state index contributed by atoms with van der Waals surface area (Å²) in [6.07, 6.45) is 2.12. The highest BCUT2D eigenvalue weighted by atomic mass is 16.5. The van der Waals surface area contributed by atoms with Gasteiger partial charge in [0.25, 0.3) is 0 Å². The van der Waals surface area contributed by atoms with Gasteiger partial charge in [0.15, 0.2) is 0 Å². The van der Waals surface area contributed by atoms with Crippen LogP contribution in [0.2, 0.25) is 0 Å². The van der Waals surface area contributed by atoms with E-state index in [0.29, 0.717) is 11.9 Å². The van der Waals surface area contributed by atoms with Crippen LogP contribution >= 0.6 is 0 Å². The molecule has 17 heavy (non-hydrogen) atoms. The van der Waals surface area contributed by atoms with E-state index in [1.54, 1.807) is 0 Å². The highest BCUT2D eigenvalue weighted by Crippen LogP contribution is 2.05. The third kappa shape index (κ3) is 5.63. The third-order valence-corrected chi connectivity index (χ3v) is 2.35. The summed E-state index contributed by atoms with van der Waals surface area (Å²) in [5.74, 6) is 5.94. The van der Waals surface area contributed by atoms with E-state index in [1.807, 2.05) is 32.2 Å². The largest absolute Gasteiger partial charge is 0.377 e. The predicted octanol–water partition coefficient (Wildman–Crippen LogP) is 1.22. The Balaban J connectivity index is 2.31. The first-order valence-electron chi connectivity index (χ1n) is 5.83. The maximum Gasteiger partial charge on any atom is 0.139 e. The first-order valence-corrected chi connectivity index (χ1v) is 5.83. The van der Waals surface area contributed by atoms with Crippen molar-refractivity contribution in [3.05, 3.63) is 23.9 Å². The topological polar surface area (TPSA) is 63.4 Å². The van der Waals surface area contributed by atoms with Gasteiger partial charge in [-0.3, -0.25) is 4.90 Å². The summed E-state index contributed by atoms with van der Waals surface area (Å²) in [5, 5.41) is 0. The summed E-state index contributed by atoms with van der Waals surface area (Å²) >= 11 is 0. The Hall–Kier alpha value is -1.17. The molecule has 5 nitrogen and oxygen atoms in total. The molecule has 1 rings (SSSR count). The molecule has 0 aliphatic rings. The van der Waals surface area contributed by atoms with Gasteiger partial charge in [0.2, 0.25) is 0 Å². The van der Waals surface area contributed by atoms with Crippen molar-refractivity contribution >= 4 is 5.82 Å². The zero-order chi connectivity index (χ0) is 12.7. The normalized spacial score (nSPS) is 11.2. The first kappa shape index (κ1) is 13.9. The van der Waals surface area contributed by atoms with Crippen molar-refractivity contribution in [3.63, 3.8) is 0 Å². The summed E-state index contributed by atoms with van der Waals surface area (Å²) in [6.45, 7) is 6.61. The smallest absolute Gasteiger partial charge is 0.139 e. The Labute approximate surface area is 103 Å². The molecule has 0 atom stereocenters. The second-order valence-corrected chi connectivity index (χ2v) is 4.35. The number of nitrogens with two attached hydrogens (primary N) is 1. The molecular weight excluding hydrogens is 216 g/mol. The number of anilines is 1. The first-order chi connectivity index (χ1) is 8.11. The molecule has 0 fully saturated rings. The fraction of sp³-hybridized carbons (Fsp3) is 0.583. The van der Waals surface area contributed by atoms with Gasteiger partial charge in [0.1, 0.15) is 5.82 Å². The van der Waals surface area contributed by atoms with Gasteiger partial charge < -0.3 is 10.2 Å². The van der Waals surface area contributed by atoms with Crippen LogP contribution in [0, 0.1) is 0 Å². The molecule has 1 aromatic heterocycles. The summed E-state index contributed by atoms with van der Waals surface area (Å²) in [4.78, 5) is 6.37. The molecule has 1 heterocycles. The molecule has 0 radical (unpaired) electrons. The predicted molar refractivity (Wildman–Crippen MR) is 69.5 cm³/mol. The summed E-state index contributed by atoms with van der Waals surface area (Å²) in [5.41, 5.74) is 3.67. The zero-order valence-electron chi connectivity index (χ0n) is 10.8. The van der Waals surface area contributed by atoms with Crippen LogP contribution in [0.4, 0.5) is 5.82 Å². The van der Waals surface area contributed by atoms with Crippen molar-refractivity contribution in [2.45, 2.75) is 26.5 Å². The molecule has 0 saturated heterocycles. The van der Waals surface area contributed by atoms with Gasteiger partial charge in [-0.25, -0.2) is 10.8 Å². The molecule has 0 saturated carbocycles. The lowest BCUT2D eigenvalue weighted by atomic mass is 10.2. The molecule has 3 N–H and O–H groups in total. The second-order valence-electron chi connectivity index (χ2n) is 4.35. The monoisotopic (exact) mass is 238 g/mol. The van der Waals surface area contributed by atoms with Crippen LogP contribution in [0.5, 0.6) is 0 Å². The van der Waals surface area contributed by atoms with Crippen LogP contribution in [-0.2, 0) is 11.3 Å². The Morgan fingerprint density at radius 3 is 2.76 bits per heavy atom. The number of hydrogen-bond acceptors (Lipinski definition) is 5. The molecule has 0 aromatic carbocycles. The van der Waals surface area contributed by atoms with Gasteiger partial charge in [-0.2, -0.15) is 0 Å². The summed E-state index contributed by atoms with van der Waals surface area (Å²) < 4.78 is 5.50. The van der Waals surface area contributed by atoms with Gasteiger partial charge in [0, 0.05) is 19.3 Å². The van der Waals surface area contributed by atoms with Gasteiger partial charge in [-0.1, -0.05) is 6.07 Å². The number of ether oxygens (including phenoxy) is 1. The molecular formula is C12H22N4O. The highest BCUT2D eigenvalue weighted by molar-refractivity contribution is 5.33. The van der Waals surface area contributed by atoms with Crippen LogP contribution < -0.4 is 11.3 Å². The number of rotatable bonds is 7. The molecule has 0 aliphatic heterocycles. The average Bonchev–Trinajstić information content (AvgIpc) is 2.29. The molecule has 0 unspecified atom stereocenters. The zero-order valence-corrected chi connectivity index (χ0v) is 10.8. The van der Waals surface area contributed by atoms with Crippen LogP contribution in [0.3, 0.4) is 0 Å². The third-order valence-electron chi connectivity index (χ3n) is 2.35. The van der Waals surface area contributed by atoms with E-state index in [0.717, 1.165) is 25.3 Å². The van der Waals surface area contributed by atoms with E-state index < -0.39 is 0 Å². The number of hydrazine groups is 1. The van der Waals surface area contributed by atoms with Crippen molar-refractivity contribution in [2.75, 3.05) is 25.6 Å². The van der Waals surface area contributed by atoms with Gasteiger partial charge in [-0.05, 0) is 32.5 Å². The van der Waals surface area contributed by atoms with Crippen molar-refractivity contribution in [3.8, 4) is 0 Å². The molecule has 0 spiro atoms. The van der Waals surface area contributed by atoms with Crippen molar-refractivity contribution < 1.29 is 4.74 Å². The highest BCUT2D eigenvalue weighted by Gasteiger charge is 2.02. The maximum atomic E-state index is 5.50. The Morgan fingerprint density at radius 1 is 1.47 bits per heavy atom. The lowest BCUT2D eigenvalue weighted by Gasteiger charge is -2.17. The fourth-order valence-corrected chi connectivity index (χ4v) is 1.44. The quantitative estimate of drug-likeness (QED) is 0.552. The van der Waals surface area contributed by atoms with Crippen molar-refractivity contribution in [2.24, 2.45) is 5.84 Å². The van der Waals surface area contributed by atoms with Crippen molar-refractivity contribution in [1.82, 2.24) is 9.88 Å². The molecule has 0 amide bonds. The number of nitrogen functional groups attached to an aromatic ring is 1. The Bertz CT molecular complexity index is 313. The fourth-order valence-electron chi connectivity index (χ4n) is 1.44. The molecule has 0 aliphatic carbocycles. The molecule has 96 valence electrons. The van der Waals surface area contributed by atoms with E-state index in [9.17, 15) is 0 Å². The Morgan fingerprint density at radius 2 is 2.24 bits per heavy atom. The van der Waals surface area contributed by atoms with E-state index in [2.05, 4.69) is 22.4 Å². The number of pyridine rings is 1. The number of likely N-dealkylation sites (N-methyl/N-ethyl adjacent to an activating group) is 1. The SMILES string of the molecule is CC(C)OCCN(C)Cc1ccc(NN)nc1. The van der Waals surface area contributed by atoms with Gasteiger partial charge in [-0.15, -0.1) is 0 Å². The lowest BCUT2D eigenvalue weighted by molar-refractivity contribution is 0.0627. The minimum atomic E-state index is 0.292. The van der Waals surface area contributed by atoms with E-state index in [-0.39, 0.29) is 0 Å². The van der Waals surface area contributed by atoms with Crippen LogP contribution in [-0.4, -0.2) is 36.2 Å². The van der Waals surface area contributed by atoms with E-state index in [1.165, 1.54) is 0 Å². The number of aromatic nitrogens is 1. The minimum absolute atomic E-state index is 0.292. The van der Waals surface area contributed by atoms with Gasteiger partial charge >= 0.3 is 0 Å². The molecule has 0 bridgehead atoms.